The molecule has 0 aromatic heterocycles. The fraction of sp³-hybridized carbons (Fsp3) is 0.214. The highest BCUT2D eigenvalue weighted by Crippen LogP contribution is 2.41. The van der Waals surface area contributed by atoms with Crippen molar-refractivity contribution < 1.29 is 14.3 Å². The van der Waals surface area contributed by atoms with Crippen molar-refractivity contribution in [3.8, 4) is 11.5 Å². The van der Waals surface area contributed by atoms with E-state index in [-0.39, 0.29) is 12.6 Å². The maximum atomic E-state index is 12.1. The highest BCUT2D eigenvalue weighted by molar-refractivity contribution is 14.1. The first-order valence-corrected chi connectivity index (χ1v) is 9.06. The highest BCUT2D eigenvalue weighted by Gasteiger charge is 2.16. The van der Waals surface area contributed by atoms with Gasteiger partial charge in [-0.25, -0.2) is 0 Å². The molecule has 0 unspecified atom stereocenters. The van der Waals surface area contributed by atoms with Gasteiger partial charge in [0, 0.05) is 11.5 Å². The molecule has 0 aliphatic carbocycles. The van der Waals surface area contributed by atoms with E-state index < -0.39 is 0 Å². The minimum Gasteiger partial charge on any atom is -0.454 e. The Hall–Kier alpha value is -0.600. The molecule has 0 N–H and O–H groups in total. The molecule has 104 valence electrons. The largest absolute Gasteiger partial charge is 0.454 e. The van der Waals surface area contributed by atoms with E-state index in [0.29, 0.717) is 0 Å². The summed E-state index contributed by atoms with van der Waals surface area (Å²) in [7, 11) is 0. The zero-order chi connectivity index (χ0) is 13.9. The SMILES string of the molecule is O=C(C=Cc1ccc2c(c1)OCO2)C(I)=C1SCCS1. The van der Waals surface area contributed by atoms with Gasteiger partial charge in [-0.05, 0) is 46.4 Å². The van der Waals surface area contributed by atoms with E-state index in [9.17, 15) is 4.79 Å². The lowest BCUT2D eigenvalue weighted by atomic mass is 10.1. The van der Waals surface area contributed by atoms with E-state index in [1.807, 2.05) is 24.3 Å². The van der Waals surface area contributed by atoms with E-state index in [2.05, 4.69) is 22.6 Å². The van der Waals surface area contributed by atoms with Crippen molar-refractivity contribution in [2.45, 2.75) is 0 Å². The van der Waals surface area contributed by atoms with E-state index in [1.165, 1.54) is 0 Å². The van der Waals surface area contributed by atoms with Crippen LogP contribution in [0.4, 0.5) is 0 Å². The number of ketones is 1. The second-order valence-corrected chi connectivity index (χ2v) is 7.66. The predicted octanol–water partition coefficient (Wildman–Crippen LogP) is 4.08. The summed E-state index contributed by atoms with van der Waals surface area (Å²) >= 11 is 5.66. The van der Waals surface area contributed by atoms with Gasteiger partial charge in [0.05, 0.1) is 7.82 Å². The zero-order valence-corrected chi connectivity index (χ0v) is 14.2. The summed E-state index contributed by atoms with van der Waals surface area (Å²) in [5.41, 5.74) is 0.934. The van der Waals surface area contributed by atoms with Gasteiger partial charge >= 0.3 is 0 Å². The van der Waals surface area contributed by atoms with Crippen LogP contribution < -0.4 is 9.47 Å². The lowest BCUT2D eigenvalue weighted by molar-refractivity contribution is -0.110. The zero-order valence-electron chi connectivity index (χ0n) is 10.4. The number of halogens is 1. The molecule has 0 atom stereocenters. The third-order valence-corrected chi connectivity index (χ3v) is 7.29. The molecule has 0 spiro atoms. The summed E-state index contributed by atoms with van der Waals surface area (Å²) in [5, 5.41) is 0. The summed E-state index contributed by atoms with van der Waals surface area (Å²) in [6.45, 7) is 0.264. The van der Waals surface area contributed by atoms with Gasteiger partial charge in [-0.15, -0.1) is 23.5 Å². The Kier molecular flexibility index (Phi) is 4.62. The van der Waals surface area contributed by atoms with Gasteiger partial charge in [-0.3, -0.25) is 4.79 Å². The first kappa shape index (κ1) is 14.3. The molecule has 1 aromatic rings. The van der Waals surface area contributed by atoms with Crippen LogP contribution in [0.5, 0.6) is 11.5 Å². The van der Waals surface area contributed by atoms with E-state index >= 15 is 0 Å². The lowest BCUT2D eigenvalue weighted by Gasteiger charge is -1.99. The third kappa shape index (κ3) is 3.17. The summed E-state index contributed by atoms with van der Waals surface area (Å²) in [5.74, 6) is 3.72. The average Bonchev–Trinajstić information content (AvgIpc) is 3.13. The van der Waals surface area contributed by atoms with E-state index in [4.69, 9.17) is 9.47 Å². The van der Waals surface area contributed by atoms with Gasteiger partial charge < -0.3 is 9.47 Å². The van der Waals surface area contributed by atoms with Crippen LogP contribution in [-0.4, -0.2) is 24.1 Å². The van der Waals surface area contributed by atoms with Crippen molar-refractivity contribution in [2.24, 2.45) is 0 Å². The Labute approximate surface area is 139 Å². The Morgan fingerprint density at radius 1 is 1.20 bits per heavy atom. The fourth-order valence-corrected chi connectivity index (χ4v) is 5.24. The van der Waals surface area contributed by atoms with Gasteiger partial charge in [-0.2, -0.15) is 0 Å². The molecule has 0 bridgehead atoms. The fourth-order valence-electron chi connectivity index (χ4n) is 1.80. The van der Waals surface area contributed by atoms with Crippen LogP contribution in [0.2, 0.25) is 0 Å². The first-order valence-electron chi connectivity index (χ1n) is 6.01. The minimum atomic E-state index is 0.0557. The number of thioether (sulfide) groups is 2. The van der Waals surface area contributed by atoms with Crippen molar-refractivity contribution in [3.63, 3.8) is 0 Å². The maximum Gasteiger partial charge on any atom is 0.231 e. The topological polar surface area (TPSA) is 35.5 Å². The van der Waals surface area contributed by atoms with Gasteiger partial charge in [0.15, 0.2) is 17.3 Å². The number of hydrogen-bond donors (Lipinski definition) is 0. The molecular formula is C14H11IO3S2. The standard InChI is InChI=1S/C14H11IO3S2/c15-13(14-19-5-6-20-14)10(16)3-1-9-2-4-11-12(7-9)18-8-17-11/h1-4,7H,5-6,8H2. The average molecular weight is 418 g/mol. The first-order chi connectivity index (χ1) is 9.74. The van der Waals surface area contributed by atoms with Crippen LogP contribution in [-0.2, 0) is 4.79 Å². The number of rotatable bonds is 3. The van der Waals surface area contributed by atoms with Crippen molar-refractivity contribution in [3.05, 3.63) is 37.7 Å². The van der Waals surface area contributed by atoms with Gasteiger partial charge in [0.25, 0.3) is 0 Å². The van der Waals surface area contributed by atoms with Crippen molar-refractivity contribution >= 4 is 58.0 Å². The number of carbonyl (C=O) groups is 1. The van der Waals surface area contributed by atoms with E-state index in [0.717, 1.165) is 36.4 Å². The molecule has 20 heavy (non-hydrogen) atoms. The lowest BCUT2D eigenvalue weighted by Crippen LogP contribution is -1.93. The number of benzene rings is 1. The highest BCUT2D eigenvalue weighted by atomic mass is 127. The maximum absolute atomic E-state index is 12.1. The summed E-state index contributed by atoms with van der Waals surface area (Å²) in [6, 6.07) is 5.65. The quantitative estimate of drug-likeness (QED) is 0.546. The van der Waals surface area contributed by atoms with Gasteiger partial charge in [-0.1, -0.05) is 12.1 Å². The van der Waals surface area contributed by atoms with Crippen LogP contribution in [0.25, 0.3) is 6.08 Å². The van der Waals surface area contributed by atoms with Crippen LogP contribution in [0, 0.1) is 0 Å². The molecule has 3 nitrogen and oxygen atoms in total. The van der Waals surface area contributed by atoms with Crippen molar-refractivity contribution in [1.82, 2.24) is 0 Å². The summed E-state index contributed by atoms with van der Waals surface area (Å²) in [6.07, 6.45) is 3.43. The summed E-state index contributed by atoms with van der Waals surface area (Å²) in [4.78, 5) is 12.1. The van der Waals surface area contributed by atoms with Crippen LogP contribution >= 0.6 is 46.1 Å². The minimum absolute atomic E-state index is 0.0557. The summed E-state index contributed by atoms with van der Waals surface area (Å²) < 4.78 is 12.5. The molecular weight excluding hydrogens is 407 g/mol. The van der Waals surface area contributed by atoms with E-state index in [1.54, 1.807) is 29.6 Å². The monoisotopic (exact) mass is 418 g/mol. The number of ether oxygens (including phenoxy) is 2. The van der Waals surface area contributed by atoms with Crippen LogP contribution in [0.3, 0.4) is 0 Å². The van der Waals surface area contributed by atoms with Crippen LogP contribution in [0.1, 0.15) is 5.56 Å². The third-order valence-electron chi connectivity index (χ3n) is 2.77. The Balaban J connectivity index is 1.74. The molecule has 2 aliphatic heterocycles. The Bertz CT molecular complexity index is 602. The molecule has 0 amide bonds. The molecule has 1 aromatic carbocycles. The normalized spacial score (nSPS) is 16.9. The number of allylic oxidation sites excluding steroid dienone is 2. The Morgan fingerprint density at radius 3 is 2.75 bits per heavy atom. The predicted molar refractivity (Wildman–Crippen MR) is 92.6 cm³/mol. The number of hydrogen-bond acceptors (Lipinski definition) is 5. The van der Waals surface area contributed by atoms with Gasteiger partial charge in [0.2, 0.25) is 6.79 Å². The molecule has 0 saturated carbocycles. The van der Waals surface area contributed by atoms with Crippen molar-refractivity contribution in [1.29, 1.82) is 0 Å². The molecule has 2 heterocycles. The molecule has 6 heteroatoms. The Morgan fingerprint density at radius 2 is 1.95 bits per heavy atom. The molecule has 3 rings (SSSR count). The van der Waals surface area contributed by atoms with Gasteiger partial charge in [0.1, 0.15) is 0 Å². The van der Waals surface area contributed by atoms with Crippen molar-refractivity contribution in [2.75, 3.05) is 18.3 Å². The van der Waals surface area contributed by atoms with Crippen LogP contribution in [0.15, 0.2) is 32.1 Å². The molecule has 1 saturated heterocycles. The molecule has 0 radical (unpaired) electrons. The second kappa shape index (κ2) is 6.44. The smallest absolute Gasteiger partial charge is 0.231 e. The number of carbonyl (C=O) groups excluding carboxylic acids is 1. The molecule has 1 fully saturated rings. The second-order valence-electron chi connectivity index (χ2n) is 4.11. The number of fused-ring (bicyclic) bond motifs is 1. The molecule has 2 aliphatic rings.